The van der Waals surface area contributed by atoms with Gasteiger partial charge in [-0.25, -0.2) is 0 Å². The lowest BCUT2D eigenvalue weighted by Gasteiger charge is -2.37. The number of benzene rings is 2. The molecule has 2 aliphatic heterocycles. The van der Waals surface area contributed by atoms with Gasteiger partial charge in [0.15, 0.2) is 0 Å². The number of aryl methyl sites for hydroxylation is 1. The van der Waals surface area contributed by atoms with Gasteiger partial charge in [-0.05, 0) is 42.8 Å². The van der Waals surface area contributed by atoms with Gasteiger partial charge in [0.2, 0.25) is 0 Å². The first-order valence-corrected chi connectivity index (χ1v) is 11.9. The lowest BCUT2D eigenvalue weighted by molar-refractivity contribution is -0.123. The molecular weight excluding hydrogens is 438 g/mol. The Labute approximate surface area is 199 Å². The fraction of sp³-hybridized carbons (Fsp3) is 0.280. The van der Waals surface area contributed by atoms with Crippen molar-refractivity contribution in [3.8, 4) is 5.75 Å². The lowest BCUT2D eigenvalue weighted by atomic mass is 10.2. The highest BCUT2D eigenvalue weighted by Crippen LogP contribution is 2.33. The molecule has 2 aromatic rings. The van der Waals surface area contributed by atoms with Crippen molar-refractivity contribution in [2.45, 2.75) is 6.92 Å². The molecule has 4 rings (SSSR count). The van der Waals surface area contributed by atoms with Crippen LogP contribution in [0.25, 0.3) is 6.08 Å². The van der Waals surface area contributed by atoms with Crippen LogP contribution in [0.3, 0.4) is 0 Å². The first-order chi connectivity index (χ1) is 15.5. The van der Waals surface area contributed by atoms with Crippen molar-refractivity contribution in [1.82, 2.24) is 9.80 Å². The first-order valence-electron chi connectivity index (χ1n) is 10.7. The van der Waals surface area contributed by atoms with Gasteiger partial charge in [0.05, 0.1) is 11.6 Å². The zero-order valence-electron chi connectivity index (χ0n) is 18.2. The minimum atomic E-state index is -0.0204. The maximum atomic E-state index is 13.0. The van der Waals surface area contributed by atoms with Crippen LogP contribution in [0.2, 0.25) is 0 Å². The average Bonchev–Trinajstić information content (AvgIpc) is 3.07. The molecule has 2 saturated heterocycles. The molecule has 2 fully saturated rings. The van der Waals surface area contributed by atoms with Crippen LogP contribution in [-0.4, -0.2) is 59.5 Å². The van der Waals surface area contributed by atoms with E-state index in [1.165, 1.54) is 23.0 Å². The maximum absolute atomic E-state index is 13.0. The topological polar surface area (TPSA) is 36.0 Å². The van der Waals surface area contributed by atoms with Crippen molar-refractivity contribution in [3.63, 3.8) is 0 Å². The van der Waals surface area contributed by atoms with E-state index < -0.39 is 0 Å². The summed E-state index contributed by atoms with van der Waals surface area (Å²) in [7, 11) is 0. The van der Waals surface area contributed by atoms with Gasteiger partial charge in [-0.15, -0.1) is 0 Å². The summed E-state index contributed by atoms with van der Waals surface area (Å²) in [5.74, 6) is 0.757. The summed E-state index contributed by atoms with van der Waals surface area (Å²) in [5, 5.41) is 0. The minimum Gasteiger partial charge on any atom is -0.490 e. The predicted molar refractivity (Wildman–Crippen MR) is 137 cm³/mol. The zero-order valence-corrected chi connectivity index (χ0v) is 19.8. The zero-order chi connectivity index (χ0) is 22.5. The molecule has 0 aliphatic carbocycles. The van der Waals surface area contributed by atoms with Crippen molar-refractivity contribution in [2.75, 3.05) is 44.4 Å². The molecule has 7 heteroatoms. The highest BCUT2D eigenvalue weighted by molar-refractivity contribution is 8.26. The average molecular weight is 466 g/mol. The Morgan fingerprint density at radius 2 is 1.75 bits per heavy atom. The van der Waals surface area contributed by atoms with Gasteiger partial charge in [0, 0.05) is 31.9 Å². The number of carbonyl (C=O) groups is 1. The fourth-order valence-electron chi connectivity index (χ4n) is 3.69. The molecule has 0 unspecified atom stereocenters. The molecule has 0 aromatic heterocycles. The summed E-state index contributed by atoms with van der Waals surface area (Å²) in [6.45, 7) is 10.4. The Morgan fingerprint density at radius 3 is 2.41 bits per heavy atom. The SMILES string of the molecule is C=CCOc1ccc(/C=C2/SC(=S)N(CN3CCN(c4ccc(C)cc4)CC3)C2=O)cc1. The number of anilines is 1. The highest BCUT2D eigenvalue weighted by atomic mass is 32.2. The van der Waals surface area contributed by atoms with Gasteiger partial charge in [0.25, 0.3) is 5.91 Å². The first kappa shape index (κ1) is 22.6. The van der Waals surface area contributed by atoms with Crippen LogP contribution in [-0.2, 0) is 4.79 Å². The summed E-state index contributed by atoms with van der Waals surface area (Å²) in [6, 6.07) is 16.3. The number of ether oxygens (including phenoxy) is 1. The van der Waals surface area contributed by atoms with E-state index in [1.54, 1.807) is 11.0 Å². The van der Waals surface area contributed by atoms with Crippen LogP contribution in [0.4, 0.5) is 5.69 Å². The maximum Gasteiger partial charge on any atom is 0.267 e. The number of thioether (sulfide) groups is 1. The Bertz CT molecular complexity index is 1010. The molecule has 166 valence electrons. The normalized spacial score (nSPS) is 18.5. The van der Waals surface area contributed by atoms with Gasteiger partial charge in [-0.2, -0.15) is 0 Å². The molecule has 5 nitrogen and oxygen atoms in total. The summed E-state index contributed by atoms with van der Waals surface area (Å²) in [4.78, 5) is 20.1. The molecule has 2 heterocycles. The van der Waals surface area contributed by atoms with Crippen LogP contribution in [0.15, 0.2) is 66.1 Å². The van der Waals surface area contributed by atoms with Crippen molar-refractivity contribution in [3.05, 3.63) is 77.2 Å². The second-order valence-electron chi connectivity index (χ2n) is 7.86. The monoisotopic (exact) mass is 465 g/mol. The minimum absolute atomic E-state index is 0.0204. The van der Waals surface area contributed by atoms with Gasteiger partial charge < -0.3 is 9.64 Å². The third-order valence-electron chi connectivity index (χ3n) is 5.53. The van der Waals surface area contributed by atoms with Gasteiger partial charge >= 0.3 is 0 Å². The van der Waals surface area contributed by atoms with Gasteiger partial charge in [-0.1, -0.05) is 66.5 Å². The molecule has 0 bridgehead atoms. The summed E-state index contributed by atoms with van der Waals surface area (Å²) < 4.78 is 6.13. The van der Waals surface area contributed by atoms with Crippen LogP contribution in [0.1, 0.15) is 11.1 Å². The number of rotatable bonds is 7. The summed E-state index contributed by atoms with van der Waals surface area (Å²) >= 11 is 6.89. The van der Waals surface area contributed by atoms with E-state index in [0.29, 0.717) is 22.5 Å². The lowest BCUT2D eigenvalue weighted by Crippen LogP contribution is -2.50. The molecule has 0 atom stereocenters. The van der Waals surface area contributed by atoms with E-state index in [0.717, 1.165) is 37.5 Å². The largest absolute Gasteiger partial charge is 0.490 e. The summed E-state index contributed by atoms with van der Waals surface area (Å²) in [5.41, 5.74) is 3.47. The van der Waals surface area contributed by atoms with Crippen molar-refractivity contribution in [1.29, 1.82) is 0 Å². The van der Waals surface area contributed by atoms with E-state index in [4.69, 9.17) is 17.0 Å². The van der Waals surface area contributed by atoms with E-state index in [-0.39, 0.29) is 5.91 Å². The molecule has 0 N–H and O–H groups in total. The second-order valence-corrected chi connectivity index (χ2v) is 9.54. The third kappa shape index (κ3) is 5.41. The van der Waals surface area contributed by atoms with E-state index in [9.17, 15) is 4.79 Å². The number of amides is 1. The van der Waals surface area contributed by atoms with Crippen molar-refractivity contribution >= 4 is 46.0 Å². The molecule has 0 radical (unpaired) electrons. The number of carbonyl (C=O) groups excluding carboxylic acids is 1. The smallest absolute Gasteiger partial charge is 0.267 e. The molecular formula is C25H27N3O2S2. The standard InChI is InChI=1S/C25H27N3O2S2/c1-3-16-30-22-10-6-20(7-11-22)17-23-24(29)28(25(31)32-23)18-26-12-14-27(15-13-26)21-8-4-19(2)5-9-21/h3-11,17H,1,12-16,18H2,2H3/b23-17+. The van der Waals surface area contributed by atoms with Gasteiger partial charge in [0.1, 0.15) is 16.7 Å². The fourth-order valence-corrected chi connectivity index (χ4v) is 4.93. The second kappa shape index (κ2) is 10.3. The number of hydrogen-bond donors (Lipinski definition) is 0. The molecule has 2 aliphatic rings. The Kier molecular flexibility index (Phi) is 7.29. The number of piperazine rings is 1. The predicted octanol–water partition coefficient (Wildman–Crippen LogP) is 4.54. The molecule has 32 heavy (non-hydrogen) atoms. The molecule has 0 spiro atoms. The van der Waals surface area contributed by atoms with Crippen LogP contribution >= 0.6 is 24.0 Å². The van der Waals surface area contributed by atoms with Crippen molar-refractivity contribution in [2.24, 2.45) is 0 Å². The third-order valence-corrected chi connectivity index (χ3v) is 6.91. The van der Waals surface area contributed by atoms with Gasteiger partial charge in [-0.3, -0.25) is 14.6 Å². The van der Waals surface area contributed by atoms with Crippen molar-refractivity contribution < 1.29 is 9.53 Å². The highest BCUT2D eigenvalue weighted by Gasteiger charge is 2.33. The molecule has 2 aromatic carbocycles. The van der Waals surface area contributed by atoms with Crippen LogP contribution < -0.4 is 9.64 Å². The van der Waals surface area contributed by atoms with E-state index >= 15 is 0 Å². The molecule has 1 amide bonds. The van der Waals surface area contributed by atoms with Crippen LogP contribution in [0, 0.1) is 6.92 Å². The Hall–Kier alpha value is -2.61. The Balaban J connectivity index is 1.33. The number of hydrogen-bond acceptors (Lipinski definition) is 6. The van der Waals surface area contributed by atoms with Crippen LogP contribution in [0.5, 0.6) is 5.75 Å². The van der Waals surface area contributed by atoms with E-state index in [1.807, 2.05) is 30.3 Å². The number of nitrogens with zero attached hydrogens (tertiary/aromatic N) is 3. The van der Waals surface area contributed by atoms with E-state index in [2.05, 4.69) is 47.6 Å². The Morgan fingerprint density at radius 1 is 1.06 bits per heavy atom. The number of thiocarbonyl (C=S) groups is 1. The molecule has 0 saturated carbocycles. The summed E-state index contributed by atoms with van der Waals surface area (Å²) in [6.07, 6.45) is 3.60. The quantitative estimate of drug-likeness (QED) is 0.339.